The van der Waals surface area contributed by atoms with Crippen molar-refractivity contribution >= 4 is 82.5 Å². The van der Waals surface area contributed by atoms with Gasteiger partial charge in [-0.25, -0.2) is 0 Å². The number of nitrogens with one attached hydrogen (secondary N) is 5. The molecule has 0 unspecified atom stereocenters. The quantitative estimate of drug-likeness (QED) is 0.0453. The number of carbonyl (C=O) groups excluding carboxylic acids is 10. The fourth-order valence-electron chi connectivity index (χ4n) is 10.2. The molecule has 2 rings (SSSR count). The van der Waals surface area contributed by atoms with E-state index in [-0.39, 0.29) is 56.1 Å². The molecule has 15 N–H and O–H groups in total. The molecular weight excluding hydrogens is 1190 g/mol. The maximum Gasteiger partial charge on any atom is 0.304 e. The zero-order valence-corrected chi connectivity index (χ0v) is 53.0. The summed E-state index contributed by atoms with van der Waals surface area (Å²) in [4.78, 5) is 183. The van der Waals surface area contributed by atoms with Crippen molar-refractivity contribution in [2.24, 2.45) is 58.8 Å². The monoisotopic (exact) mass is 1280 g/mol. The topological polar surface area (TPSA) is 473 Å². The number of rotatable bonds is 45. The van der Waals surface area contributed by atoms with Gasteiger partial charge < -0.3 is 68.7 Å². The molecule has 27 heteroatoms. The van der Waals surface area contributed by atoms with Gasteiger partial charge in [-0.2, -0.15) is 0 Å². The molecule has 0 saturated carbocycles. The van der Waals surface area contributed by atoms with E-state index in [0.29, 0.717) is 11.1 Å². The Bertz CT molecular complexity index is 2850. The normalized spacial score (nSPS) is 15.4. The van der Waals surface area contributed by atoms with Crippen molar-refractivity contribution in [1.82, 2.24) is 26.6 Å². The highest BCUT2D eigenvalue weighted by Crippen LogP contribution is 2.24. The Hall–Kier alpha value is -8.46. The van der Waals surface area contributed by atoms with Crippen molar-refractivity contribution in [3.8, 4) is 5.75 Å². The lowest BCUT2D eigenvalue weighted by Crippen LogP contribution is -2.51. The first kappa shape index (κ1) is 78.6. The number of carboxylic acid groups (broad SMARTS) is 4. The van der Waals surface area contributed by atoms with Gasteiger partial charge in [0.05, 0.1) is 67.0 Å². The molecule has 504 valence electrons. The van der Waals surface area contributed by atoms with Crippen LogP contribution in [-0.2, 0) is 80.0 Å². The standard InChI is InChI=1S/C64H93N7O20/c1-33(2)22-46(68-63(90)42(32-57(84)85)29-52(76)47(23-34(3)4)70-64(91)44(65)18-20-54(78)79)49(73)25-37(8)61(88)71-58(35(5)6)53(77)30-41(26-38-12-10-9-11-13-38)62(89)69-48(27-39-14-16-43(72)17-15-39)50(74)24-36(7)60(87)67-45(19-21-55(80)81)51(75)28-40(59(66)86)31-56(82)83/h9-17,33-37,40-42,44-49,58,72-73H,18-32,65H2,1-8H3,(H2,66,86)(H,67,87)(H,68,90)(H,69,89)(H,70,91)(H,71,88)(H,78,79)(H,80,81)(H,82,83)(H,84,85)/t36-,37-,40+,41-,42+,44+,45+,46+,47+,48+,49+,58+/m1/s1. The van der Waals surface area contributed by atoms with Gasteiger partial charge in [0.15, 0.2) is 23.1 Å². The molecule has 2 aromatic rings. The lowest BCUT2D eigenvalue weighted by atomic mass is 9.87. The van der Waals surface area contributed by atoms with Gasteiger partial charge in [0.25, 0.3) is 0 Å². The van der Waals surface area contributed by atoms with E-state index in [1.165, 1.54) is 38.1 Å². The molecule has 0 fully saturated rings. The third-order valence-corrected chi connectivity index (χ3v) is 15.3. The van der Waals surface area contributed by atoms with Crippen LogP contribution in [0.25, 0.3) is 0 Å². The number of aliphatic carboxylic acids is 4. The average Bonchev–Trinajstić information content (AvgIpc) is 2.05. The Kier molecular flexibility index (Phi) is 33.7. The van der Waals surface area contributed by atoms with Crippen LogP contribution in [-0.4, -0.2) is 155 Å². The highest BCUT2D eigenvalue weighted by Gasteiger charge is 2.38. The summed E-state index contributed by atoms with van der Waals surface area (Å²) in [5.41, 5.74) is 12.3. The van der Waals surface area contributed by atoms with Gasteiger partial charge in [-0.05, 0) is 86.0 Å². The largest absolute Gasteiger partial charge is 0.508 e. The van der Waals surface area contributed by atoms with Gasteiger partial charge in [0.2, 0.25) is 35.4 Å². The first-order valence-electron chi connectivity index (χ1n) is 30.5. The molecule has 6 amide bonds. The lowest BCUT2D eigenvalue weighted by Gasteiger charge is -2.30. The van der Waals surface area contributed by atoms with E-state index >= 15 is 0 Å². The Labute approximate surface area is 529 Å². The van der Waals surface area contributed by atoms with E-state index in [4.69, 9.17) is 16.6 Å². The van der Waals surface area contributed by atoms with E-state index in [1.54, 1.807) is 71.9 Å². The second-order valence-corrected chi connectivity index (χ2v) is 24.8. The average molecular weight is 1280 g/mol. The summed E-state index contributed by atoms with van der Waals surface area (Å²) in [6, 6.07) is 6.58. The SMILES string of the molecule is CC(C)C[C@H](NC(=O)[C@@H](N)CCC(=O)O)C(=O)C[C@@H](CC(=O)O)C(=O)N[C@@H](CC(C)C)[C@@H](O)C[C@@H](C)C(=O)N[C@H](C(=O)C[C@@H](Cc1ccccc1)C(=O)N[C@@H](Cc1ccc(O)cc1)C(=O)C[C@@H](C)C(=O)N[C@@H](CCC(=O)O)C(=O)C[C@@H](CC(=O)O)C(N)=O)C(C)C. The number of hydrogen-bond acceptors (Lipinski definition) is 17. The molecule has 2 aromatic carbocycles. The van der Waals surface area contributed by atoms with Crippen LogP contribution in [0.2, 0.25) is 0 Å². The molecule has 0 radical (unpaired) electrons. The van der Waals surface area contributed by atoms with Crippen LogP contribution in [0.1, 0.15) is 150 Å². The molecule has 27 nitrogen and oxygen atoms in total. The maximum atomic E-state index is 14.7. The van der Waals surface area contributed by atoms with E-state index in [1.807, 2.05) is 0 Å². The zero-order valence-electron chi connectivity index (χ0n) is 53.0. The van der Waals surface area contributed by atoms with Crippen LogP contribution < -0.4 is 38.1 Å². The van der Waals surface area contributed by atoms with E-state index in [9.17, 15) is 92.7 Å². The molecule has 0 aliphatic heterocycles. The minimum atomic E-state index is -1.53. The van der Waals surface area contributed by atoms with Gasteiger partial charge >= 0.3 is 23.9 Å². The number of aliphatic hydroxyl groups excluding tert-OH is 1. The molecule has 0 bridgehead atoms. The number of carboxylic acids is 4. The van der Waals surface area contributed by atoms with Crippen LogP contribution in [0.15, 0.2) is 54.6 Å². The summed E-state index contributed by atoms with van der Waals surface area (Å²) in [6.45, 7) is 13.2. The Morgan fingerprint density at radius 2 is 0.912 bits per heavy atom. The van der Waals surface area contributed by atoms with Crippen molar-refractivity contribution in [1.29, 1.82) is 0 Å². The summed E-state index contributed by atoms with van der Waals surface area (Å²) in [7, 11) is 0. The molecule has 0 aromatic heterocycles. The predicted molar refractivity (Wildman–Crippen MR) is 329 cm³/mol. The van der Waals surface area contributed by atoms with Crippen molar-refractivity contribution in [3.05, 3.63) is 65.7 Å². The number of hydrogen-bond donors (Lipinski definition) is 13. The highest BCUT2D eigenvalue weighted by molar-refractivity contribution is 5.98. The Balaban J connectivity index is 2.42. The van der Waals surface area contributed by atoms with Crippen LogP contribution in [0.4, 0.5) is 0 Å². The van der Waals surface area contributed by atoms with Crippen LogP contribution in [0.3, 0.4) is 0 Å². The van der Waals surface area contributed by atoms with Crippen molar-refractivity contribution in [3.63, 3.8) is 0 Å². The Morgan fingerprint density at radius 3 is 1.45 bits per heavy atom. The molecule has 91 heavy (non-hydrogen) atoms. The second kappa shape index (κ2) is 38.9. The minimum absolute atomic E-state index is 0.0437. The van der Waals surface area contributed by atoms with Gasteiger partial charge in [-0.3, -0.25) is 67.1 Å². The number of nitrogens with two attached hydrogens (primary N) is 2. The number of aromatic hydroxyl groups is 1. The fourth-order valence-corrected chi connectivity index (χ4v) is 10.2. The number of phenols is 1. The highest BCUT2D eigenvalue weighted by atomic mass is 16.4. The first-order valence-corrected chi connectivity index (χ1v) is 30.5. The number of Topliss-reactive ketones (excluding diaryl/α,β-unsaturated/α-hetero) is 4. The molecule has 0 heterocycles. The molecular formula is C64H93N7O20. The van der Waals surface area contributed by atoms with Crippen molar-refractivity contribution < 1.29 is 97.8 Å². The lowest BCUT2D eigenvalue weighted by molar-refractivity contribution is -0.143. The van der Waals surface area contributed by atoms with Crippen LogP contribution in [0.5, 0.6) is 5.75 Å². The number of carbonyl (C=O) groups is 14. The maximum absolute atomic E-state index is 14.7. The smallest absolute Gasteiger partial charge is 0.304 e. The minimum Gasteiger partial charge on any atom is -0.508 e. The third kappa shape index (κ3) is 29.8. The first-order chi connectivity index (χ1) is 42.5. The van der Waals surface area contributed by atoms with Crippen molar-refractivity contribution in [2.45, 2.75) is 194 Å². The Morgan fingerprint density at radius 1 is 0.440 bits per heavy atom. The fraction of sp³-hybridized carbons (Fsp3) is 0.594. The van der Waals surface area contributed by atoms with Crippen molar-refractivity contribution in [2.75, 3.05) is 0 Å². The predicted octanol–water partition coefficient (Wildman–Crippen LogP) is 2.55. The molecule has 0 saturated heterocycles. The van der Waals surface area contributed by atoms with Gasteiger partial charge in [0.1, 0.15) is 5.75 Å². The summed E-state index contributed by atoms with van der Waals surface area (Å²) in [5.74, 6) is -20.9. The second-order valence-electron chi connectivity index (χ2n) is 24.8. The summed E-state index contributed by atoms with van der Waals surface area (Å²) in [5, 5.41) is 72.3. The summed E-state index contributed by atoms with van der Waals surface area (Å²) in [6.07, 6.45) is -7.52. The zero-order chi connectivity index (χ0) is 69.0. The van der Waals surface area contributed by atoms with E-state index in [2.05, 4.69) is 26.6 Å². The van der Waals surface area contributed by atoms with Gasteiger partial charge in [-0.15, -0.1) is 0 Å². The molecule has 0 aliphatic carbocycles. The number of benzene rings is 2. The third-order valence-electron chi connectivity index (χ3n) is 15.3. The van der Waals surface area contributed by atoms with Crippen LogP contribution >= 0.6 is 0 Å². The number of aliphatic hydroxyl groups is 1. The number of amides is 6. The number of phenolic OH excluding ortho intramolecular Hbond substituents is 1. The molecule has 0 spiro atoms. The molecule has 0 aliphatic rings. The van der Waals surface area contributed by atoms with E-state index in [0.717, 1.165) is 0 Å². The number of ketones is 4. The summed E-state index contributed by atoms with van der Waals surface area (Å²) >= 11 is 0. The van der Waals surface area contributed by atoms with Gasteiger partial charge in [-0.1, -0.05) is 97.9 Å². The van der Waals surface area contributed by atoms with Crippen LogP contribution in [0, 0.1) is 47.3 Å². The van der Waals surface area contributed by atoms with E-state index < -0.39 is 218 Å². The summed E-state index contributed by atoms with van der Waals surface area (Å²) < 4.78 is 0. The number of primary amides is 1. The van der Waals surface area contributed by atoms with Gasteiger partial charge in [0, 0.05) is 56.3 Å². The molecule has 12 atom stereocenters.